The van der Waals surface area contributed by atoms with Gasteiger partial charge in [-0.05, 0) is 12.5 Å². The molecule has 1 unspecified atom stereocenters. The van der Waals surface area contributed by atoms with Gasteiger partial charge in [0.05, 0.1) is 6.33 Å². The lowest BCUT2D eigenvalue weighted by Gasteiger charge is -2.13. The number of hydrogen-bond donors (Lipinski definition) is 1. The van der Waals surface area contributed by atoms with Crippen LogP contribution in [0.25, 0.3) is 0 Å². The summed E-state index contributed by atoms with van der Waals surface area (Å²) in [6.07, 6.45) is 2.99. The smallest absolute Gasteiger partial charge is 0.253 e. The van der Waals surface area contributed by atoms with Crippen LogP contribution in [0.4, 0.5) is 0 Å². The molecule has 0 aliphatic heterocycles. The van der Waals surface area contributed by atoms with E-state index in [1.54, 1.807) is 0 Å². The zero-order valence-electron chi connectivity index (χ0n) is 9.71. The van der Waals surface area contributed by atoms with E-state index in [2.05, 4.69) is 4.98 Å². The van der Waals surface area contributed by atoms with Gasteiger partial charge in [0.15, 0.2) is 0 Å². The molecule has 1 heterocycles. The summed E-state index contributed by atoms with van der Waals surface area (Å²) in [5.41, 5.74) is 8.19. The Bertz CT molecular complexity index is 545. The molecule has 4 nitrogen and oxygen atoms in total. The van der Waals surface area contributed by atoms with Crippen LogP contribution in [0.15, 0.2) is 47.7 Å². The molecular formula is C13H15N3O. The lowest BCUT2D eigenvalue weighted by Crippen LogP contribution is -2.26. The summed E-state index contributed by atoms with van der Waals surface area (Å²) in [5, 5.41) is 0. The van der Waals surface area contributed by atoms with E-state index in [9.17, 15) is 4.79 Å². The molecule has 2 N–H and O–H groups in total. The van der Waals surface area contributed by atoms with Crippen LogP contribution in [0.2, 0.25) is 0 Å². The fraction of sp³-hybridized carbons (Fsp3) is 0.231. The van der Waals surface area contributed by atoms with Crippen LogP contribution < -0.4 is 11.3 Å². The largest absolute Gasteiger partial charge is 0.322 e. The molecule has 1 atom stereocenters. The second-order valence-electron chi connectivity index (χ2n) is 4.09. The number of nitrogens with zero attached hydrogens (tertiary/aromatic N) is 2. The number of benzene rings is 1. The van der Waals surface area contributed by atoms with E-state index >= 15 is 0 Å². The molecule has 1 aromatic heterocycles. The zero-order valence-corrected chi connectivity index (χ0v) is 9.71. The standard InChI is InChI=1S/C13H15N3O/c1-10-2-4-11(5-3-10)12(14)8-16-9-15-7-6-13(16)17/h2-7,9,12H,8,14H2,1H3. The average Bonchev–Trinajstić information content (AvgIpc) is 2.33. The van der Waals surface area contributed by atoms with Crippen LogP contribution in [0.1, 0.15) is 17.2 Å². The minimum absolute atomic E-state index is 0.0810. The number of aryl methyl sites for hydroxylation is 1. The van der Waals surface area contributed by atoms with Crippen molar-refractivity contribution in [1.29, 1.82) is 0 Å². The van der Waals surface area contributed by atoms with Crippen molar-refractivity contribution in [3.8, 4) is 0 Å². The zero-order chi connectivity index (χ0) is 12.3. The minimum Gasteiger partial charge on any atom is -0.322 e. The third kappa shape index (κ3) is 2.79. The molecule has 0 aliphatic rings. The molecule has 88 valence electrons. The molecule has 2 aromatic rings. The molecule has 0 saturated carbocycles. The molecule has 0 radical (unpaired) electrons. The van der Waals surface area contributed by atoms with Gasteiger partial charge >= 0.3 is 0 Å². The summed E-state index contributed by atoms with van der Waals surface area (Å²) in [5.74, 6) is 0. The third-order valence-electron chi connectivity index (χ3n) is 2.69. The molecule has 0 aliphatic carbocycles. The molecule has 17 heavy (non-hydrogen) atoms. The maximum absolute atomic E-state index is 11.5. The Morgan fingerprint density at radius 2 is 2.00 bits per heavy atom. The normalized spacial score (nSPS) is 12.4. The fourth-order valence-corrected chi connectivity index (χ4v) is 1.65. The van der Waals surface area contributed by atoms with Crippen molar-refractivity contribution in [2.45, 2.75) is 19.5 Å². The van der Waals surface area contributed by atoms with Gasteiger partial charge in [0.25, 0.3) is 5.56 Å². The van der Waals surface area contributed by atoms with Crippen LogP contribution >= 0.6 is 0 Å². The summed E-state index contributed by atoms with van der Waals surface area (Å²) < 4.78 is 1.52. The summed E-state index contributed by atoms with van der Waals surface area (Å²) in [6, 6.07) is 9.24. The van der Waals surface area contributed by atoms with Crippen molar-refractivity contribution in [3.05, 3.63) is 64.3 Å². The molecule has 2 rings (SSSR count). The average molecular weight is 229 g/mol. The molecule has 0 saturated heterocycles. The number of hydrogen-bond acceptors (Lipinski definition) is 3. The van der Waals surface area contributed by atoms with E-state index in [4.69, 9.17) is 5.73 Å². The Morgan fingerprint density at radius 3 is 2.65 bits per heavy atom. The first-order chi connectivity index (χ1) is 8.16. The van der Waals surface area contributed by atoms with Gasteiger partial charge in [-0.25, -0.2) is 4.98 Å². The third-order valence-corrected chi connectivity index (χ3v) is 2.69. The summed E-state index contributed by atoms with van der Waals surface area (Å²) >= 11 is 0. The predicted octanol–water partition coefficient (Wildman–Crippen LogP) is 1.25. The van der Waals surface area contributed by atoms with E-state index in [0.29, 0.717) is 6.54 Å². The summed E-state index contributed by atoms with van der Waals surface area (Å²) in [4.78, 5) is 15.4. The van der Waals surface area contributed by atoms with Gasteiger partial charge in [-0.15, -0.1) is 0 Å². The lowest BCUT2D eigenvalue weighted by atomic mass is 10.1. The summed E-state index contributed by atoms with van der Waals surface area (Å²) in [6.45, 7) is 2.47. The Balaban J connectivity index is 2.17. The molecular weight excluding hydrogens is 214 g/mol. The van der Waals surface area contributed by atoms with Gasteiger partial charge < -0.3 is 5.73 Å². The van der Waals surface area contributed by atoms with Gasteiger partial charge in [-0.3, -0.25) is 9.36 Å². The molecule has 0 fully saturated rings. The van der Waals surface area contributed by atoms with Crippen molar-refractivity contribution >= 4 is 0 Å². The topological polar surface area (TPSA) is 60.9 Å². The highest BCUT2D eigenvalue weighted by atomic mass is 16.1. The first kappa shape index (κ1) is 11.5. The minimum atomic E-state index is -0.197. The quantitative estimate of drug-likeness (QED) is 0.861. The highest BCUT2D eigenvalue weighted by molar-refractivity contribution is 5.23. The Hall–Kier alpha value is -1.94. The number of rotatable bonds is 3. The highest BCUT2D eigenvalue weighted by Crippen LogP contribution is 2.12. The van der Waals surface area contributed by atoms with Crippen LogP contribution in [0, 0.1) is 6.92 Å². The van der Waals surface area contributed by atoms with Crippen molar-refractivity contribution in [1.82, 2.24) is 9.55 Å². The lowest BCUT2D eigenvalue weighted by molar-refractivity contribution is 0.554. The van der Waals surface area contributed by atoms with E-state index in [0.717, 1.165) is 5.56 Å². The monoisotopic (exact) mass is 229 g/mol. The maximum Gasteiger partial charge on any atom is 0.253 e. The molecule has 4 heteroatoms. The summed E-state index contributed by atoms with van der Waals surface area (Å²) in [7, 11) is 0. The van der Waals surface area contributed by atoms with Crippen molar-refractivity contribution in [3.63, 3.8) is 0 Å². The van der Waals surface area contributed by atoms with E-state index in [1.165, 1.54) is 28.7 Å². The van der Waals surface area contributed by atoms with Crippen LogP contribution in [0.5, 0.6) is 0 Å². The highest BCUT2D eigenvalue weighted by Gasteiger charge is 2.07. The Morgan fingerprint density at radius 1 is 1.29 bits per heavy atom. The first-order valence-corrected chi connectivity index (χ1v) is 5.49. The molecule has 0 amide bonds. The second kappa shape index (κ2) is 4.93. The second-order valence-corrected chi connectivity index (χ2v) is 4.09. The van der Waals surface area contributed by atoms with E-state index in [-0.39, 0.29) is 11.6 Å². The van der Waals surface area contributed by atoms with Gasteiger partial charge in [0, 0.05) is 24.8 Å². The van der Waals surface area contributed by atoms with Crippen LogP contribution in [-0.2, 0) is 6.54 Å². The maximum atomic E-state index is 11.5. The van der Waals surface area contributed by atoms with Gasteiger partial charge in [-0.2, -0.15) is 0 Å². The fourth-order valence-electron chi connectivity index (χ4n) is 1.65. The molecule has 0 bridgehead atoms. The van der Waals surface area contributed by atoms with Crippen LogP contribution in [-0.4, -0.2) is 9.55 Å². The van der Waals surface area contributed by atoms with Crippen molar-refractivity contribution in [2.24, 2.45) is 5.73 Å². The SMILES string of the molecule is Cc1ccc(C(N)Cn2cnccc2=O)cc1. The van der Waals surface area contributed by atoms with Crippen LogP contribution in [0.3, 0.4) is 0 Å². The van der Waals surface area contributed by atoms with Gasteiger partial charge in [-0.1, -0.05) is 29.8 Å². The Labute approximate surface area is 99.7 Å². The number of nitrogens with two attached hydrogens (primary N) is 1. The molecule has 1 aromatic carbocycles. The van der Waals surface area contributed by atoms with Gasteiger partial charge in [0.2, 0.25) is 0 Å². The Kier molecular flexibility index (Phi) is 3.35. The van der Waals surface area contributed by atoms with Crippen molar-refractivity contribution < 1.29 is 0 Å². The number of aromatic nitrogens is 2. The van der Waals surface area contributed by atoms with E-state index < -0.39 is 0 Å². The first-order valence-electron chi connectivity index (χ1n) is 5.49. The predicted molar refractivity (Wildman–Crippen MR) is 66.6 cm³/mol. The van der Waals surface area contributed by atoms with Crippen molar-refractivity contribution in [2.75, 3.05) is 0 Å². The van der Waals surface area contributed by atoms with Gasteiger partial charge in [0.1, 0.15) is 0 Å². The van der Waals surface area contributed by atoms with E-state index in [1.807, 2.05) is 31.2 Å². The molecule has 0 spiro atoms.